The number of amides is 1. The Morgan fingerprint density at radius 2 is 2.04 bits per heavy atom. The lowest BCUT2D eigenvalue weighted by Gasteiger charge is -2.31. The molecule has 1 N–H and O–H groups in total. The third kappa shape index (κ3) is 4.60. The molecule has 25 heavy (non-hydrogen) atoms. The van der Waals surface area contributed by atoms with E-state index in [4.69, 9.17) is 0 Å². The average Bonchev–Trinajstić information content (AvgIpc) is 3.14. The van der Waals surface area contributed by atoms with E-state index in [9.17, 15) is 4.79 Å². The Hall–Kier alpha value is -2.34. The van der Waals surface area contributed by atoms with Crippen LogP contribution in [0.4, 0.5) is 0 Å². The summed E-state index contributed by atoms with van der Waals surface area (Å²) >= 11 is 1.72. The second-order valence-electron chi connectivity index (χ2n) is 6.30. The summed E-state index contributed by atoms with van der Waals surface area (Å²) in [6.45, 7) is 2.62. The van der Waals surface area contributed by atoms with Gasteiger partial charge in [-0.15, -0.1) is 11.3 Å². The first-order valence-electron chi connectivity index (χ1n) is 8.46. The van der Waals surface area contributed by atoms with Crippen molar-refractivity contribution in [3.8, 4) is 0 Å². The van der Waals surface area contributed by atoms with Gasteiger partial charge >= 0.3 is 0 Å². The number of hydrogen-bond donors (Lipinski definition) is 1. The predicted molar refractivity (Wildman–Crippen MR) is 103 cm³/mol. The van der Waals surface area contributed by atoms with Gasteiger partial charge in [-0.05, 0) is 29.0 Å². The number of nitrogens with one attached hydrogen (secondary N) is 1. The van der Waals surface area contributed by atoms with E-state index in [1.807, 2.05) is 6.07 Å². The topological polar surface area (TPSA) is 47.9 Å². The van der Waals surface area contributed by atoms with Crippen LogP contribution < -0.4 is 5.32 Å². The predicted octanol–water partition coefficient (Wildman–Crippen LogP) is 2.34. The first-order chi connectivity index (χ1) is 12.1. The zero-order valence-electron chi connectivity index (χ0n) is 14.7. The Bertz CT molecular complexity index is 740. The highest BCUT2D eigenvalue weighted by molar-refractivity contribution is 7.09. The second-order valence-corrected chi connectivity index (χ2v) is 7.33. The van der Waals surface area contributed by atoms with Crippen LogP contribution in [0.5, 0.6) is 0 Å². The minimum atomic E-state index is 0.00725. The third-order valence-corrected chi connectivity index (χ3v) is 5.17. The van der Waals surface area contributed by atoms with E-state index in [1.165, 1.54) is 16.0 Å². The molecule has 0 atom stereocenters. The van der Waals surface area contributed by atoms with Gasteiger partial charge in [-0.2, -0.15) is 0 Å². The van der Waals surface area contributed by atoms with Crippen molar-refractivity contribution < 1.29 is 4.79 Å². The van der Waals surface area contributed by atoms with Crippen molar-refractivity contribution in [3.05, 3.63) is 57.8 Å². The number of guanidine groups is 1. The van der Waals surface area contributed by atoms with E-state index in [0.717, 1.165) is 32.0 Å². The fourth-order valence-corrected chi connectivity index (χ4v) is 3.45. The van der Waals surface area contributed by atoms with Crippen LogP contribution in [0, 0.1) is 0 Å². The Morgan fingerprint density at radius 1 is 1.24 bits per heavy atom. The molecular formula is C19H24N4OS. The molecule has 0 bridgehead atoms. The minimum absolute atomic E-state index is 0.00725. The molecule has 1 aromatic heterocycles. The van der Waals surface area contributed by atoms with Crippen LogP contribution in [-0.2, 0) is 24.3 Å². The maximum Gasteiger partial charge on any atom is 0.243 e. The van der Waals surface area contributed by atoms with Gasteiger partial charge in [0, 0.05) is 32.1 Å². The highest BCUT2D eigenvalue weighted by Crippen LogP contribution is 2.18. The molecule has 0 aliphatic carbocycles. The van der Waals surface area contributed by atoms with E-state index in [-0.39, 0.29) is 12.5 Å². The van der Waals surface area contributed by atoms with Gasteiger partial charge < -0.3 is 15.1 Å². The molecule has 2 heterocycles. The molecular weight excluding hydrogens is 332 g/mol. The van der Waals surface area contributed by atoms with E-state index in [0.29, 0.717) is 0 Å². The zero-order valence-corrected chi connectivity index (χ0v) is 15.6. The Morgan fingerprint density at radius 3 is 2.76 bits per heavy atom. The lowest BCUT2D eigenvalue weighted by Crippen LogP contribution is -2.44. The van der Waals surface area contributed by atoms with Crippen LogP contribution in [0.2, 0.25) is 0 Å². The monoisotopic (exact) mass is 356 g/mol. The SMILES string of the molecule is CN(C)C(=O)CN=C(NCc1cccs1)N1CCc2ccccc2C1. The number of hydrogen-bond acceptors (Lipinski definition) is 3. The van der Waals surface area contributed by atoms with Crippen LogP contribution in [0.25, 0.3) is 0 Å². The van der Waals surface area contributed by atoms with Gasteiger partial charge in [0.15, 0.2) is 5.96 Å². The molecule has 0 saturated carbocycles. The fourth-order valence-electron chi connectivity index (χ4n) is 2.81. The van der Waals surface area contributed by atoms with Crippen LogP contribution in [-0.4, -0.2) is 48.9 Å². The number of thiophene rings is 1. The highest BCUT2D eigenvalue weighted by Gasteiger charge is 2.19. The number of carbonyl (C=O) groups is 1. The minimum Gasteiger partial charge on any atom is -0.351 e. The molecule has 0 saturated heterocycles. The highest BCUT2D eigenvalue weighted by atomic mass is 32.1. The largest absolute Gasteiger partial charge is 0.351 e. The smallest absolute Gasteiger partial charge is 0.243 e. The maximum absolute atomic E-state index is 11.9. The number of benzene rings is 1. The molecule has 0 unspecified atom stereocenters. The zero-order chi connectivity index (χ0) is 17.6. The standard InChI is InChI=1S/C19H24N4OS/c1-22(2)18(24)13-21-19(20-12-17-8-5-11-25-17)23-10-9-15-6-3-4-7-16(15)14-23/h3-8,11H,9-10,12-14H2,1-2H3,(H,20,21). The van der Waals surface area contributed by atoms with Crippen molar-refractivity contribution >= 4 is 23.2 Å². The number of likely N-dealkylation sites (N-methyl/N-ethyl adjacent to an activating group) is 1. The summed E-state index contributed by atoms with van der Waals surface area (Å²) in [4.78, 5) is 21.6. The lowest BCUT2D eigenvalue weighted by atomic mass is 10.0. The van der Waals surface area contributed by atoms with Gasteiger partial charge in [0.05, 0.1) is 6.54 Å². The molecule has 0 radical (unpaired) electrons. The lowest BCUT2D eigenvalue weighted by molar-refractivity contribution is -0.127. The molecule has 1 aliphatic heterocycles. The summed E-state index contributed by atoms with van der Waals surface area (Å²) < 4.78 is 0. The summed E-state index contributed by atoms with van der Waals surface area (Å²) in [6.07, 6.45) is 0.998. The third-order valence-electron chi connectivity index (χ3n) is 4.29. The maximum atomic E-state index is 11.9. The molecule has 1 aliphatic rings. The Kier molecular flexibility index (Phi) is 5.71. The van der Waals surface area contributed by atoms with Gasteiger partial charge in [0.2, 0.25) is 5.91 Å². The van der Waals surface area contributed by atoms with Crippen molar-refractivity contribution in [2.75, 3.05) is 27.2 Å². The average molecular weight is 356 g/mol. The molecule has 6 heteroatoms. The van der Waals surface area contributed by atoms with Crippen LogP contribution in [0.1, 0.15) is 16.0 Å². The molecule has 3 rings (SSSR count). The first kappa shape index (κ1) is 17.5. The molecule has 1 aromatic carbocycles. The molecule has 132 valence electrons. The van der Waals surface area contributed by atoms with Gasteiger partial charge in [0.25, 0.3) is 0 Å². The number of rotatable bonds is 4. The van der Waals surface area contributed by atoms with Crippen LogP contribution in [0.15, 0.2) is 46.8 Å². The van der Waals surface area contributed by atoms with Crippen molar-refractivity contribution in [1.82, 2.24) is 15.1 Å². The summed E-state index contributed by atoms with van der Waals surface area (Å²) in [5.74, 6) is 0.811. The normalized spacial score (nSPS) is 14.2. The van der Waals surface area contributed by atoms with E-state index in [2.05, 4.69) is 50.9 Å². The van der Waals surface area contributed by atoms with Gasteiger partial charge in [-0.1, -0.05) is 30.3 Å². The summed E-state index contributed by atoms with van der Waals surface area (Å²) in [7, 11) is 3.52. The molecule has 5 nitrogen and oxygen atoms in total. The van der Waals surface area contributed by atoms with Crippen molar-refractivity contribution in [2.24, 2.45) is 4.99 Å². The number of carbonyl (C=O) groups excluding carboxylic acids is 1. The fraction of sp³-hybridized carbons (Fsp3) is 0.368. The second kappa shape index (κ2) is 8.16. The summed E-state index contributed by atoms with van der Waals surface area (Å²) in [5, 5.41) is 5.50. The number of nitrogens with zero attached hydrogens (tertiary/aromatic N) is 3. The quantitative estimate of drug-likeness (QED) is 0.676. The van der Waals surface area contributed by atoms with E-state index in [1.54, 1.807) is 30.3 Å². The molecule has 1 amide bonds. The number of aliphatic imine (C=N–C) groups is 1. The molecule has 2 aromatic rings. The molecule has 0 fully saturated rings. The van der Waals surface area contributed by atoms with E-state index < -0.39 is 0 Å². The van der Waals surface area contributed by atoms with Gasteiger partial charge in [-0.3, -0.25) is 4.79 Å². The van der Waals surface area contributed by atoms with Crippen molar-refractivity contribution in [2.45, 2.75) is 19.5 Å². The van der Waals surface area contributed by atoms with Gasteiger partial charge in [-0.25, -0.2) is 4.99 Å². The van der Waals surface area contributed by atoms with Crippen LogP contribution in [0.3, 0.4) is 0 Å². The Labute approximate surface area is 153 Å². The van der Waals surface area contributed by atoms with E-state index >= 15 is 0 Å². The number of fused-ring (bicyclic) bond motifs is 1. The molecule has 0 spiro atoms. The van der Waals surface area contributed by atoms with Crippen molar-refractivity contribution in [3.63, 3.8) is 0 Å². The first-order valence-corrected chi connectivity index (χ1v) is 9.34. The van der Waals surface area contributed by atoms with Gasteiger partial charge in [0.1, 0.15) is 6.54 Å². The summed E-state index contributed by atoms with van der Waals surface area (Å²) in [6, 6.07) is 12.7. The van der Waals surface area contributed by atoms with Crippen molar-refractivity contribution in [1.29, 1.82) is 0 Å². The van der Waals surface area contributed by atoms with Crippen LogP contribution >= 0.6 is 11.3 Å². The Balaban J connectivity index is 1.73. The summed E-state index contributed by atoms with van der Waals surface area (Å²) in [5.41, 5.74) is 2.74.